The van der Waals surface area contributed by atoms with E-state index < -0.39 is 18.0 Å². The van der Waals surface area contributed by atoms with Crippen LogP contribution < -0.4 is 5.32 Å². The van der Waals surface area contributed by atoms with Gasteiger partial charge in [-0.25, -0.2) is 4.79 Å². The van der Waals surface area contributed by atoms with E-state index >= 15 is 0 Å². The number of esters is 1. The number of anilines is 1. The zero-order valence-electron chi connectivity index (χ0n) is 15.0. The van der Waals surface area contributed by atoms with Crippen molar-refractivity contribution in [2.24, 2.45) is 0 Å². The molecule has 144 valence electrons. The van der Waals surface area contributed by atoms with Crippen molar-refractivity contribution < 1.29 is 28.3 Å². The Hall–Kier alpha value is -2.65. The van der Waals surface area contributed by atoms with Crippen LogP contribution >= 0.6 is 11.3 Å². The van der Waals surface area contributed by atoms with Crippen molar-refractivity contribution in [2.75, 3.05) is 31.6 Å². The molecule has 1 unspecified atom stereocenters. The van der Waals surface area contributed by atoms with E-state index in [9.17, 15) is 14.4 Å². The molecule has 2 aromatic heterocycles. The molecule has 27 heavy (non-hydrogen) atoms. The first kappa shape index (κ1) is 19.1. The smallest absolute Gasteiger partial charge is 0.349 e. The number of hydrogen-bond acceptors (Lipinski definition) is 7. The number of nitrogens with zero attached hydrogens (tertiary/aromatic N) is 1. The van der Waals surface area contributed by atoms with Crippen molar-refractivity contribution in [2.45, 2.75) is 20.0 Å². The highest BCUT2D eigenvalue weighted by molar-refractivity contribution is 7.18. The van der Waals surface area contributed by atoms with Gasteiger partial charge in [-0.2, -0.15) is 0 Å². The Labute approximate surface area is 160 Å². The normalized spacial score (nSPS) is 15.3. The molecule has 0 radical (unpaired) electrons. The minimum Gasteiger partial charge on any atom is -0.459 e. The number of carbonyl (C=O) groups excluding carboxylic acids is 3. The van der Waals surface area contributed by atoms with E-state index in [4.69, 9.17) is 13.9 Å². The number of thiophene rings is 1. The Bertz CT molecular complexity index is 823. The van der Waals surface area contributed by atoms with Crippen LogP contribution in [0.4, 0.5) is 5.00 Å². The van der Waals surface area contributed by atoms with E-state index in [1.54, 1.807) is 36.9 Å². The molecule has 1 atom stereocenters. The Morgan fingerprint density at radius 2 is 2.04 bits per heavy atom. The van der Waals surface area contributed by atoms with E-state index in [-0.39, 0.29) is 11.7 Å². The number of hydrogen-bond donors (Lipinski definition) is 1. The molecular weight excluding hydrogens is 372 g/mol. The van der Waals surface area contributed by atoms with Crippen LogP contribution in [0.2, 0.25) is 0 Å². The average Bonchev–Trinajstić information content (AvgIpc) is 3.31. The number of amides is 2. The van der Waals surface area contributed by atoms with Crippen LogP contribution in [0.3, 0.4) is 0 Å². The van der Waals surface area contributed by atoms with Gasteiger partial charge in [0.15, 0.2) is 11.9 Å². The van der Waals surface area contributed by atoms with Crippen molar-refractivity contribution in [3.05, 3.63) is 40.7 Å². The molecule has 8 nitrogen and oxygen atoms in total. The van der Waals surface area contributed by atoms with Crippen LogP contribution in [0.25, 0.3) is 0 Å². The molecule has 0 spiro atoms. The van der Waals surface area contributed by atoms with Gasteiger partial charge < -0.3 is 24.1 Å². The predicted octanol–water partition coefficient (Wildman–Crippen LogP) is 2.31. The highest BCUT2D eigenvalue weighted by Crippen LogP contribution is 2.28. The summed E-state index contributed by atoms with van der Waals surface area (Å²) in [6.07, 6.45) is 0.516. The monoisotopic (exact) mass is 392 g/mol. The number of rotatable bonds is 5. The van der Waals surface area contributed by atoms with Crippen molar-refractivity contribution in [1.82, 2.24) is 4.90 Å². The van der Waals surface area contributed by atoms with Crippen LogP contribution in [0.1, 0.15) is 32.7 Å². The van der Waals surface area contributed by atoms with Crippen LogP contribution in [-0.2, 0) is 14.3 Å². The first-order valence-electron chi connectivity index (χ1n) is 8.48. The van der Waals surface area contributed by atoms with Gasteiger partial charge in [-0.1, -0.05) is 0 Å². The largest absolute Gasteiger partial charge is 0.459 e. The van der Waals surface area contributed by atoms with Crippen LogP contribution in [-0.4, -0.2) is 55.1 Å². The Kier molecular flexibility index (Phi) is 5.92. The summed E-state index contributed by atoms with van der Waals surface area (Å²) < 4.78 is 15.6. The topological polar surface area (TPSA) is 98.1 Å². The molecule has 2 aromatic rings. The van der Waals surface area contributed by atoms with E-state index in [2.05, 4.69) is 5.32 Å². The first-order valence-corrected chi connectivity index (χ1v) is 9.30. The Morgan fingerprint density at radius 3 is 2.70 bits per heavy atom. The van der Waals surface area contributed by atoms with Crippen molar-refractivity contribution in [3.63, 3.8) is 0 Å². The van der Waals surface area contributed by atoms with E-state index in [0.29, 0.717) is 41.7 Å². The second kappa shape index (κ2) is 8.36. The van der Waals surface area contributed by atoms with E-state index in [1.165, 1.54) is 6.26 Å². The van der Waals surface area contributed by atoms with Crippen molar-refractivity contribution in [1.29, 1.82) is 0 Å². The summed E-state index contributed by atoms with van der Waals surface area (Å²) in [5.41, 5.74) is 0.658. The minimum absolute atomic E-state index is 0.176. The van der Waals surface area contributed by atoms with Gasteiger partial charge in [-0.15, -0.1) is 11.3 Å². The second-order valence-corrected chi connectivity index (χ2v) is 7.09. The molecule has 1 aliphatic rings. The summed E-state index contributed by atoms with van der Waals surface area (Å²) in [6.45, 7) is 5.23. The first-order chi connectivity index (χ1) is 13.0. The number of ether oxygens (including phenoxy) is 2. The molecule has 1 N–H and O–H groups in total. The number of carbonyl (C=O) groups is 3. The molecule has 2 amide bonds. The molecule has 0 aliphatic carbocycles. The lowest BCUT2D eigenvalue weighted by molar-refractivity contribution is -0.143. The zero-order chi connectivity index (χ0) is 19.4. The number of furan rings is 1. The van der Waals surface area contributed by atoms with Gasteiger partial charge >= 0.3 is 5.97 Å². The molecule has 1 fully saturated rings. The molecule has 3 rings (SSSR count). The van der Waals surface area contributed by atoms with E-state index in [1.807, 2.05) is 0 Å². The lowest BCUT2D eigenvalue weighted by atomic mass is 10.2. The van der Waals surface area contributed by atoms with Gasteiger partial charge in [-0.05, 0) is 37.6 Å². The summed E-state index contributed by atoms with van der Waals surface area (Å²) in [5, 5.41) is 3.17. The van der Waals surface area contributed by atoms with E-state index in [0.717, 1.165) is 11.3 Å². The van der Waals surface area contributed by atoms with Crippen LogP contribution in [0.15, 0.2) is 28.9 Å². The summed E-state index contributed by atoms with van der Waals surface area (Å²) in [6, 6.07) is 4.84. The van der Waals surface area contributed by atoms with Gasteiger partial charge in [0.1, 0.15) is 4.88 Å². The standard InChI is InChI=1S/C18H20N2O6S/c1-11-10-14(19-16(21)13-4-3-7-25-13)27-15(11)18(23)26-12(2)17(22)20-5-8-24-9-6-20/h3-4,7,10,12H,5-6,8-9H2,1-2H3,(H,19,21). The zero-order valence-corrected chi connectivity index (χ0v) is 15.8. The quantitative estimate of drug-likeness (QED) is 0.784. The molecule has 3 heterocycles. The van der Waals surface area contributed by atoms with Gasteiger partial charge in [0.05, 0.1) is 24.5 Å². The third kappa shape index (κ3) is 4.55. The van der Waals surface area contributed by atoms with Crippen molar-refractivity contribution in [3.8, 4) is 0 Å². The summed E-state index contributed by atoms with van der Waals surface area (Å²) >= 11 is 1.09. The minimum atomic E-state index is -0.891. The maximum Gasteiger partial charge on any atom is 0.349 e. The number of morpholine rings is 1. The number of aryl methyl sites for hydroxylation is 1. The average molecular weight is 392 g/mol. The molecule has 0 bridgehead atoms. The van der Waals surface area contributed by atoms with Gasteiger partial charge in [0, 0.05) is 13.1 Å². The molecular formula is C18H20N2O6S. The summed E-state index contributed by atoms with van der Waals surface area (Å²) in [7, 11) is 0. The highest BCUT2D eigenvalue weighted by atomic mass is 32.1. The van der Waals surface area contributed by atoms with Gasteiger partial charge in [-0.3, -0.25) is 9.59 Å². The fraction of sp³-hybridized carbons (Fsp3) is 0.389. The fourth-order valence-corrected chi connectivity index (χ4v) is 3.58. The lowest BCUT2D eigenvalue weighted by Gasteiger charge is -2.28. The third-order valence-electron chi connectivity index (χ3n) is 4.04. The summed E-state index contributed by atoms with van der Waals surface area (Å²) in [5.74, 6) is -1.07. The maximum absolute atomic E-state index is 12.5. The molecule has 1 saturated heterocycles. The lowest BCUT2D eigenvalue weighted by Crippen LogP contribution is -2.46. The highest BCUT2D eigenvalue weighted by Gasteiger charge is 2.27. The molecule has 0 saturated carbocycles. The fourth-order valence-electron chi connectivity index (χ4n) is 2.63. The Morgan fingerprint density at radius 1 is 1.30 bits per heavy atom. The second-order valence-electron chi connectivity index (χ2n) is 6.04. The third-order valence-corrected chi connectivity index (χ3v) is 5.17. The van der Waals surface area contributed by atoms with Crippen LogP contribution in [0.5, 0.6) is 0 Å². The maximum atomic E-state index is 12.5. The molecule has 1 aliphatic heterocycles. The van der Waals surface area contributed by atoms with Crippen molar-refractivity contribution >= 4 is 34.1 Å². The molecule has 0 aromatic carbocycles. The van der Waals surface area contributed by atoms with Crippen LogP contribution in [0, 0.1) is 6.92 Å². The molecule has 9 heteroatoms. The van der Waals surface area contributed by atoms with Gasteiger partial charge in [0.2, 0.25) is 0 Å². The Balaban J connectivity index is 1.62. The predicted molar refractivity (Wildman–Crippen MR) is 98.0 cm³/mol. The SMILES string of the molecule is Cc1cc(NC(=O)c2ccco2)sc1C(=O)OC(C)C(=O)N1CCOCC1. The summed E-state index contributed by atoms with van der Waals surface area (Å²) in [4.78, 5) is 38.8. The number of nitrogens with one attached hydrogen (secondary N) is 1. The van der Waals surface area contributed by atoms with Gasteiger partial charge in [0.25, 0.3) is 11.8 Å².